The number of rotatable bonds is 6. The highest BCUT2D eigenvalue weighted by molar-refractivity contribution is 5.77. The highest BCUT2D eigenvalue weighted by atomic mass is 16.1. The molecule has 0 saturated heterocycles. The zero-order chi connectivity index (χ0) is 14.7. The molecule has 110 valence electrons. The molecule has 0 radical (unpaired) electrons. The molecule has 1 aliphatic heterocycles. The molecule has 20 heavy (non-hydrogen) atoms. The molecule has 2 rings (SSSR count). The molecule has 0 aromatic heterocycles. The third-order valence-electron chi connectivity index (χ3n) is 4.10. The third kappa shape index (κ3) is 3.41. The quantitative estimate of drug-likeness (QED) is 0.719. The number of hydrogen-bond donors (Lipinski definition) is 0. The fourth-order valence-electron chi connectivity index (χ4n) is 3.34. The topological polar surface area (TPSA) is 20.3 Å². The first-order chi connectivity index (χ1) is 9.51. The molecule has 1 aromatic rings. The highest BCUT2D eigenvalue weighted by Crippen LogP contribution is 2.33. The molecular weight excluding hydrogens is 246 g/mol. The Kier molecular flexibility index (Phi) is 4.85. The number of aldehydes is 1. The average Bonchev–Trinajstić information content (AvgIpc) is 2.79. The van der Waals surface area contributed by atoms with Crippen LogP contribution in [0.25, 0.3) is 0 Å². The maximum atomic E-state index is 10.9. The van der Waals surface area contributed by atoms with Gasteiger partial charge in [-0.3, -0.25) is 4.79 Å². The van der Waals surface area contributed by atoms with Crippen molar-refractivity contribution in [3.63, 3.8) is 0 Å². The van der Waals surface area contributed by atoms with Crippen LogP contribution in [-0.2, 0) is 6.42 Å². The first-order valence-corrected chi connectivity index (χ1v) is 7.86. The molecule has 1 heterocycles. The Morgan fingerprint density at radius 1 is 1.15 bits per heavy atom. The van der Waals surface area contributed by atoms with Crippen molar-refractivity contribution in [3.05, 3.63) is 29.3 Å². The van der Waals surface area contributed by atoms with Gasteiger partial charge >= 0.3 is 0 Å². The normalized spacial score (nSPS) is 14.4. The minimum absolute atomic E-state index is 0.623. The minimum atomic E-state index is 0.623. The zero-order valence-electron chi connectivity index (χ0n) is 13.2. The summed E-state index contributed by atoms with van der Waals surface area (Å²) in [4.78, 5) is 13.5. The Bertz CT molecular complexity index is 454. The number of nitrogens with zero attached hydrogens (tertiary/aromatic N) is 1. The van der Waals surface area contributed by atoms with Crippen LogP contribution in [0.5, 0.6) is 0 Å². The van der Waals surface area contributed by atoms with E-state index in [2.05, 4.69) is 44.7 Å². The van der Waals surface area contributed by atoms with Gasteiger partial charge < -0.3 is 4.90 Å². The number of anilines is 1. The maximum absolute atomic E-state index is 10.9. The first kappa shape index (κ1) is 15.1. The van der Waals surface area contributed by atoms with Crippen LogP contribution in [0.2, 0.25) is 0 Å². The summed E-state index contributed by atoms with van der Waals surface area (Å²) in [5.74, 6) is 1.44. The Hall–Kier alpha value is -1.31. The van der Waals surface area contributed by atoms with Gasteiger partial charge in [0.2, 0.25) is 0 Å². The van der Waals surface area contributed by atoms with Gasteiger partial charge in [0, 0.05) is 23.8 Å². The van der Waals surface area contributed by atoms with Gasteiger partial charge in [-0.05, 0) is 54.9 Å². The fraction of sp³-hybridized carbons (Fsp3) is 0.611. The van der Waals surface area contributed by atoms with Crippen molar-refractivity contribution < 1.29 is 4.79 Å². The Morgan fingerprint density at radius 2 is 1.80 bits per heavy atom. The van der Waals surface area contributed by atoms with E-state index in [4.69, 9.17) is 0 Å². The molecule has 1 aliphatic rings. The molecule has 0 amide bonds. The summed E-state index contributed by atoms with van der Waals surface area (Å²) in [6, 6.07) is 6.77. The summed E-state index contributed by atoms with van der Waals surface area (Å²) < 4.78 is 0. The van der Waals surface area contributed by atoms with Gasteiger partial charge in [-0.1, -0.05) is 27.7 Å². The van der Waals surface area contributed by atoms with E-state index >= 15 is 0 Å². The van der Waals surface area contributed by atoms with E-state index in [-0.39, 0.29) is 0 Å². The number of hydrogen-bond acceptors (Lipinski definition) is 2. The van der Waals surface area contributed by atoms with Crippen LogP contribution in [0.3, 0.4) is 0 Å². The minimum Gasteiger partial charge on any atom is -0.368 e. The summed E-state index contributed by atoms with van der Waals surface area (Å²) in [6.45, 7) is 10.3. The monoisotopic (exact) mass is 273 g/mol. The van der Waals surface area contributed by atoms with Gasteiger partial charge in [0.15, 0.2) is 0 Å². The van der Waals surface area contributed by atoms with Crippen molar-refractivity contribution >= 4 is 12.0 Å². The molecule has 0 unspecified atom stereocenters. The van der Waals surface area contributed by atoms with E-state index in [1.165, 1.54) is 24.1 Å². The summed E-state index contributed by atoms with van der Waals surface area (Å²) in [5, 5.41) is 0. The molecule has 2 heteroatoms. The van der Waals surface area contributed by atoms with Crippen LogP contribution >= 0.6 is 0 Å². The lowest BCUT2D eigenvalue weighted by atomic mass is 9.94. The SMILES string of the molecule is CC(C)CC(CC(C)C)N1CCc2cc(C=O)ccc21. The second kappa shape index (κ2) is 6.43. The second-order valence-electron chi connectivity index (χ2n) is 6.86. The summed E-state index contributed by atoms with van der Waals surface area (Å²) in [7, 11) is 0. The summed E-state index contributed by atoms with van der Waals surface area (Å²) in [6.07, 6.45) is 4.51. The van der Waals surface area contributed by atoms with Gasteiger partial charge in [-0.2, -0.15) is 0 Å². The van der Waals surface area contributed by atoms with Crippen molar-refractivity contribution in [2.45, 2.75) is 53.0 Å². The third-order valence-corrected chi connectivity index (χ3v) is 4.10. The number of carbonyl (C=O) groups is 1. The van der Waals surface area contributed by atoms with Crippen molar-refractivity contribution in [2.75, 3.05) is 11.4 Å². The molecule has 0 N–H and O–H groups in total. The molecule has 2 nitrogen and oxygen atoms in total. The second-order valence-corrected chi connectivity index (χ2v) is 6.86. The lowest BCUT2D eigenvalue weighted by Gasteiger charge is -2.33. The molecule has 0 aliphatic carbocycles. The molecule has 0 bridgehead atoms. The number of fused-ring (bicyclic) bond motifs is 1. The van der Waals surface area contributed by atoms with Gasteiger partial charge in [0.1, 0.15) is 6.29 Å². The summed E-state index contributed by atoms with van der Waals surface area (Å²) in [5.41, 5.74) is 3.49. The van der Waals surface area contributed by atoms with Crippen LogP contribution in [0, 0.1) is 11.8 Å². The molecule has 0 saturated carbocycles. The van der Waals surface area contributed by atoms with Gasteiger partial charge in [-0.25, -0.2) is 0 Å². The molecule has 1 aromatic carbocycles. The van der Waals surface area contributed by atoms with E-state index in [0.29, 0.717) is 6.04 Å². The van der Waals surface area contributed by atoms with Gasteiger partial charge in [-0.15, -0.1) is 0 Å². The van der Waals surface area contributed by atoms with E-state index < -0.39 is 0 Å². The van der Waals surface area contributed by atoms with Crippen LogP contribution < -0.4 is 4.90 Å². The highest BCUT2D eigenvalue weighted by Gasteiger charge is 2.27. The van der Waals surface area contributed by atoms with Crippen LogP contribution in [0.1, 0.15) is 56.5 Å². The zero-order valence-corrected chi connectivity index (χ0v) is 13.2. The first-order valence-electron chi connectivity index (χ1n) is 7.86. The maximum Gasteiger partial charge on any atom is 0.150 e. The summed E-state index contributed by atoms with van der Waals surface area (Å²) >= 11 is 0. The standard InChI is InChI=1S/C18H27NO/c1-13(2)9-17(10-14(3)4)19-8-7-16-11-15(12-20)5-6-18(16)19/h5-6,11-14,17H,7-10H2,1-4H3. The molecular formula is C18H27NO. The van der Waals surface area contributed by atoms with E-state index in [0.717, 1.165) is 36.7 Å². The Labute approximate surface area is 123 Å². The van der Waals surface area contributed by atoms with Crippen LogP contribution in [0.4, 0.5) is 5.69 Å². The van der Waals surface area contributed by atoms with Crippen molar-refractivity contribution in [1.29, 1.82) is 0 Å². The number of benzene rings is 1. The van der Waals surface area contributed by atoms with Crippen LogP contribution in [-0.4, -0.2) is 18.9 Å². The lowest BCUT2D eigenvalue weighted by Crippen LogP contribution is -2.36. The van der Waals surface area contributed by atoms with Crippen molar-refractivity contribution in [2.24, 2.45) is 11.8 Å². The van der Waals surface area contributed by atoms with Crippen LogP contribution in [0.15, 0.2) is 18.2 Å². The predicted molar refractivity (Wildman–Crippen MR) is 85.6 cm³/mol. The fourth-order valence-corrected chi connectivity index (χ4v) is 3.34. The largest absolute Gasteiger partial charge is 0.368 e. The van der Waals surface area contributed by atoms with Crippen molar-refractivity contribution in [3.8, 4) is 0 Å². The van der Waals surface area contributed by atoms with E-state index in [1.54, 1.807) is 0 Å². The van der Waals surface area contributed by atoms with Gasteiger partial charge in [0.25, 0.3) is 0 Å². The molecule has 0 atom stereocenters. The predicted octanol–water partition coefficient (Wildman–Crippen LogP) is 4.32. The van der Waals surface area contributed by atoms with Gasteiger partial charge in [0.05, 0.1) is 0 Å². The smallest absolute Gasteiger partial charge is 0.150 e. The van der Waals surface area contributed by atoms with E-state index in [1.807, 2.05) is 6.07 Å². The number of carbonyl (C=O) groups excluding carboxylic acids is 1. The lowest BCUT2D eigenvalue weighted by molar-refractivity contribution is 0.112. The molecule has 0 spiro atoms. The Balaban J connectivity index is 2.22. The van der Waals surface area contributed by atoms with E-state index in [9.17, 15) is 4.79 Å². The Morgan fingerprint density at radius 3 is 2.35 bits per heavy atom. The van der Waals surface area contributed by atoms with Crippen molar-refractivity contribution in [1.82, 2.24) is 0 Å². The molecule has 0 fully saturated rings. The average molecular weight is 273 g/mol.